The molecule has 1 atom stereocenters. The second-order valence-corrected chi connectivity index (χ2v) is 4.95. The van der Waals surface area contributed by atoms with Gasteiger partial charge in [0.2, 0.25) is 5.91 Å². The highest BCUT2D eigenvalue weighted by atomic mass is 16.2. The van der Waals surface area contributed by atoms with Crippen molar-refractivity contribution < 1.29 is 4.79 Å². The minimum atomic E-state index is -0.0236. The normalized spacial score (nSPS) is 20.4. The van der Waals surface area contributed by atoms with Gasteiger partial charge in [0, 0.05) is 24.8 Å². The third kappa shape index (κ3) is 3.10. The minimum absolute atomic E-state index is 0.0236. The highest BCUT2D eigenvalue weighted by Gasteiger charge is 2.19. The molecular formula is C13H22N4O. The summed E-state index contributed by atoms with van der Waals surface area (Å²) in [7, 11) is 1.91. The first-order valence-electron chi connectivity index (χ1n) is 6.67. The zero-order valence-corrected chi connectivity index (χ0v) is 11.2. The van der Waals surface area contributed by atoms with Gasteiger partial charge >= 0.3 is 0 Å². The van der Waals surface area contributed by atoms with E-state index in [-0.39, 0.29) is 11.9 Å². The molecule has 1 aliphatic heterocycles. The number of amides is 1. The molecule has 0 aliphatic carbocycles. The summed E-state index contributed by atoms with van der Waals surface area (Å²) in [5.74, 6) is 0.111. The van der Waals surface area contributed by atoms with Crippen LogP contribution in [-0.4, -0.2) is 28.3 Å². The quantitative estimate of drug-likeness (QED) is 0.837. The van der Waals surface area contributed by atoms with E-state index in [1.807, 2.05) is 24.9 Å². The van der Waals surface area contributed by atoms with Crippen LogP contribution in [0.5, 0.6) is 0 Å². The van der Waals surface area contributed by atoms with Crippen LogP contribution in [0.4, 0.5) is 0 Å². The molecular weight excluding hydrogens is 228 g/mol. The molecule has 1 aromatic rings. The summed E-state index contributed by atoms with van der Waals surface area (Å²) < 4.78 is 1.82. The Balaban J connectivity index is 1.85. The summed E-state index contributed by atoms with van der Waals surface area (Å²) in [6.07, 6.45) is 6.29. The molecule has 18 heavy (non-hydrogen) atoms. The third-order valence-electron chi connectivity index (χ3n) is 3.67. The SMILES string of the molecule is Cc1c(CNC(=O)C2CCCCCN2)cnn1C. The molecule has 1 saturated heterocycles. The number of nitrogens with zero attached hydrogens (tertiary/aromatic N) is 2. The molecule has 1 aromatic heterocycles. The van der Waals surface area contributed by atoms with Gasteiger partial charge in [0.05, 0.1) is 12.2 Å². The van der Waals surface area contributed by atoms with Crippen molar-refractivity contribution in [1.29, 1.82) is 0 Å². The van der Waals surface area contributed by atoms with Crippen LogP contribution < -0.4 is 10.6 Å². The molecule has 0 saturated carbocycles. The van der Waals surface area contributed by atoms with Crippen molar-refractivity contribution in [2.75, 3.05) is 6.54 Å². The van der Waals surface area contributed by atoms with Gasteiger partial charge in [-0.05, 0) is 26.3 Å². The topological polar surface area (TPSA) is 59.0 Å². The molecule has 5 heteroatoms. The van der Waals surface area contributed by atoms with E-state index < -0.39 is 0 Å². The lowest BCUT2D eigenvalue weighted by Gasteiger charge is -2.15. The Morgan fingerprint density at radius 1 is 1.56 bits per heavy atom. The van der Waals surface area contributed by atoms with Crippen molar-refractivity contribution in [3.05, 3.63) is 17.5 Å². The Hall–Kier alpha value is -1.36. The lowest BCUT2D eigenvalue weighted by atomic mass is 10.1. The number of carbonyl (C=O) groups excluding carboxylic acids is 1. The van der Waals surface area contributed by atoms with E-state index in [9.17, 15) is 4.79 Å². The fourth-order valence-corrected chi connectivity index (χ4v) is 2.28. The Morgan fingerprint density at radius 3 is 3.11 bits per heavy atom. The van der Waals surface area contributed by atoms with Gasteiger partial charge in [-0.25, -0.2) is 0 Å². The van der Waals surface area contributed by atoms with Gasteiger partial charge < -0.3 is 10.6 Å². The number of aryl methyl sites for hydroxylation is 1. The van der Waals surface area contributed by atoms with Crippen molar-refractivity contribution in [2.24, 2.45) is 7.05 Å². The number of hydrogen-bond acceptors (Lipinski definition) is 3. The molecule has 5 nitrogen and oxygen atoms in total. The van der Waals surface area contributed by atoms with Crippen LogP contribution in [0.3, 0.4) is 0 Å². The predicted molar refractivity (Wildman–Crippen MR) is 70.1 cm³/mol. The van der Waals surface area contributed by atoms with Gasteiger partial charge in [-0.2, -0.15) is 5.10 Å². The first kappa shape index (κ1) is 13.1. The van der Waals surface area contributed by atoms with Crippen molar-refractivity contribution in [3.8, 4) is 0 Å². The Labute approximate surface area is 108 Å². The van der Waals surface area contributed by atoms with Gasteiger partial charge in [-0.3, -0.25) is 9.48 Å². The molecule has 100 valence electrons. The van der Waals surface area contributed by atoms with E-state index >= 15 is 0 Å². The van der Waals surface area contributed by atoms with Gasteiger partial charge in [-0.15, -0.1) is 0 Å². The summed E-state index contributed by atoms with van der Waals surface area (Å²) in [5.41, 5.74) is 2.18. The number of carbonyl (C=O) groups is 1. The second kappa shape index (κ2) is 6.00. The van der Waals surface area contributed by atoms with Crippen LogP contribution in [0.2, 0.25) is 0 Å². The maximum Gasteiger partial charge on any atom is 0.237 e. The van der Waals surface area contributed by atoms with Crippen molar-refractivity contribution in [2.45, 2.75) is 45.2 Å². The average molecular weight is 250 g/mol. The second-order valence-electron chi connectivity index (χ2n) is 4.95. The first-order chi connectivity index (χ1) is 8.68. The molecule has 0 bridgehead atoms. The van der Waals surface area contributed by atoms with E-state index in [0.29, 0.717) is 6.54 Å². The lowest BCUT2D eigenvalue weighted by Crippen LogP contribution is -2.43. The number of nitrogens with one attached hydrogen (secondary N) is 2. The number of aromatic nitrogens is 2. The summed E-state index contributed by atoms with van der Waals surface area (Å²) in [6.45, 7) is 3.53. The fourth-order valence-electron chi connectivity index (χ4n) is 2.28. The zero-order chi connectivity index (χ0) is 13.0. The molecule has 1 amide bonds. The third-order valence-corrected chi connectivity index (χ3v) is 3.67. The van der Waals surface area contributed by atoms with Crippen LogP contribution in [0.15, 0.2) is 6.20 Å². The Bertz CT molecular complexity index is 405. The minimum Gasteiger partial charge on any atom is -0.351 e. The van der Waals surface area contributed by atoms with Crippen LogP contribution in [-0.2, 0) is 18.4 Å². The monoisotopic (exact) mass is 250 g/mol. The highest BCUT2D eigenvalue weighted by molar-refractivity contribution is 5.81. The van der Waals surface area contributed by atoms with Gasteiger partial charge in [0.15, 0.2) is 0 Å². The van der Waals surface area contributed by atoms with Crippen LogP contribution in [0.1, 0.15) is 36.9 Å². The molecule has 2 N–H and O–H groups in total. The molecule has 1 unspecified atom stereocenters. The maximum absolute atomic E-state index is 12.0. The molecule has 2 rings (SSSR count). The average Bonchev–Trinajstić information content (AvgIpc) is 2.63. The van der Waals surface area contributed by atoms with Gasteiger partial charge in [0.1, 0.15) is 0 Å². The lowest BCUT2D eigenvalue weighted by molar-refractivity contribution is -0.123. The van der Waals surface area contributed by atoms with Crippen molar-refractivity contribution >= 4 is 5.91 Å². The summed E-state index contributed by atoms with van der Waals surface area (Å²) in [6, 6.07) is -0.0236. The van der Waals surface area contributed by atoms with E-state index in [1.165, 1.54) is 12.8 Å². The largest absolute Gasteiger partial charge is 0.351 e. The van der Waals surface area contributed by atoms with Crippen LogP contribution in [0.25, 0.3) is 0 Å². The van der Waals surface area contributed by atoms with Gasteiger partial charge in [-0.1, -0.05) is 12.8 Å². The summed E-state index contributed by atoms with van der Waals surface area (Å²) >= 11 is 0. The summed E-state index contributed by atoms with van der Waals surface area (Å²) in [4.78, 5) is 12.0. The van der Waals surface area contributed by atoms with Gasteiger partial charge in [0.25, 0.3) is 0 Å². The number of hydrogen-bond donors (Lipinski definition) is 2. The molecule has 0 aromatic carbocycles. The molecule has 0 spiro atoms. The van der Waals surface area contributed by atoms with Crippen molar-refractivity contribution in [1.82, 2.24) is 20.4 Å². The molecule has 1 fully saturated rings. The predicted octanol–water partition coefficient (Wildman–Crippen LogP) is 0.877. The maximum atomic E-state index is 12.0. The van der Waals surface area contributed by atoms with E-state index in [0.717, 1.165) is 30.6 Å². The van der Waals surface area contributed by atoms with Crippen molar-refractivity contribution in [3.63, 3.8) is 0 Å². The summed E-state index contributed by atoms with van der Waals surface area (Å²) in [5, 5.41) is 10.5. The van der Waals surface area contributed by atoms with E-state index in [1.54, 1.807) is 0 Å². The van der Waals surface area contributed by atoms with Crippen LogP contribution in [0, 0.1) is 6.92 Å². The molecule has 1 aliphatic rings. The fraction of sp³-hybridized carbons (Fsp3) is 0.692. The Kier molecular flexibility index (Phi) is 4.36. The molecule has 0 radical (unpaired) electrons. The zero-order valence-electron chi connectivity index (χ0n) is 11.2. The highest BCUT2D eigenvalue weighted by Crippen LogP contribution is 2.09. The number of rotatable bonds is 3. The Morgan fingerprint density at radius 2 is 2.39 bits per heavy atom. The first-order valence-corrected chi connectivity index (χ1v) is 6.67. The standard InChI is InChI=1S/C13H22N4O/c1-10-11(9-16-17(10)2)8-15-13(18)12-6-4-3-5-7-14-12/h9,12,14H,3-8H2,1-2H3,(H,15,18). The van der Waals surface area contributed by atoms with E-state index in [2.05, 4.69) is 15.7 Å². The molecule has 2 heterocycles. The van der Waals surface area contributed by atoms with Crippen LogP contribution >= 0.6 is 0 Å². The smallest absolute Gasteiger partial charge is 0.237 e. The van der Waals surface area contributed by atoms with E-state index in [4.69, 9.17) is 0 Å².